The molecule has 0 N–H and O–H groups in total. The molecule has 0 aliphatic heterocycles. The zero-order valence-electron chi connectivity index (χ0n) is 11.3. The van der Waals surface area contributed by atoms with E-state index in [1.54, 1.807) is 17.0 Å². The Balaban J connectivity index is 1.85. The number of carbonyl (C=O) groups excluding carboxylic acids is 1. The smallest absolute Gasteiger partial charge is 0.257 e. The predicted molar refractivity (Wildman–Crippen MR) is 73.5 cm³/mol. The van der Waals surface area contributed by atoms with Gasteiger partial charge in [0.25, 0.3) is 5.91 Å². The van der Waals surface area contributed by atoms with Crippen LogP contribution in [0.25, 0.3) is 0 Å². The van der Waals surface area contributed by atoms with Crippen LogP contribution in [0.5, 0.6) is 0 Å². The second kappa shape index (κ2) is 5.60. The van der Waals surface area contributed by atoms with Gasteiger partial charge in [-0.25, -0.2) is 8.78 Å². The molecule has 1 amide bonds. The second-order valence-electron chi connectivity index (χ2n) is 5.15. The van der Waals surface area contributed by atoms with Crippen LogP contribution in [0.4, 0.5) is 8.78 Å². The van der Waals surface area contributed by atoms with Gasteiger partial charge in [0.05, 0.1) is 11.8 Å². The van der Waals surface area contributed by atoms with Crippen LogP contribution in [-0.4, -0.2) is 21.8 Å². The van der Waals surface area contributed by atoms with Crippen molar-refractivity contribution >= 4 is 5.91 Å². The Bertz CT molecular complexity index is 671. The quantitative estimate of drug-likeness (QED) is 0.865. The second-order valence-corrected chi connectivity index (χ2v) is 5.15. The zero-order valence-corrected chi connectivity index (χ0v) is 11.3. The first-order chi connectivity index (χ1) is 10.1. The van der Waals surface area contributed by atoms with Gasteiger partial charge in [-0.2, -0.15) is 0 Å². The summed E-state index contributed by atoms with van der Waals surface area (Å²) in [6.07, 6.45) is 4.21. The molecule has 2 aromatic rings. The van der Waals surface area contributed by atoms with E-state index in [1.807, 2.05) is 0 Å². The number of halogens is 2. The molecule has 0 bridgehead atoms. The first-order valence-electron chi connectivity index (χ1n) is 6.80. The Labute approximate surface area is 121 Å². The number of pyridine rings is 1. The average Bonchev–Trinajstić information content (AvgIpc) is 3.29. The van der Waals surface area contributed by atoms with E-state index < -0.39 is 5.82 Å². The van der Waals surface area contributed by atoms with Crippen molar-refractivity contribution in [2.24, 2.45) is 0 Å². The van der Waals surface area contributed by atoms with Gasteiger partial charge in [-0.05, 0) is 36.6 Å². The highest BCUT2D eigenvalue weighted by Crippen LogP contribution is 2.30. The first kappa shape index (κ1) is 13.7. The number of benzene rings is 1. The van der Waals surface area contributed by atoms with Crippen LogP contribution in [0.15, 0.2) is 42.7 Å². The van der Waals surface area contributed by atoms with E-state index in [0.717, 1.165) is 19.0 Å². The number of rotatable bonds is 4. The summed E-state index contributed by atoms with van der Waals surface area (Å²) in [5.74, 6) is -1.35. The molecule has 1 aromatic carbocycles. The van der Waals surface area contributed by atoms with Crippen molar-refractivity contribution in [3.63, 3.8) is 0 Å². The number of carbonyl (C=O) groups is 1. The van der Waals surface area contributed by atoms with Crippen LogP contribution in [0.2, 0.25) is 0 Å². The summed E-state index contributed by atoms with van der Waals surface area (Å²) in [4.78, 5) is 17.8. The van der Waals surface area contributed by atoms with Gasteiger partial charge in [0.1, 0.15) is 5.82 Å². The Kier molecular flexibility index (Phi) is 3.64. The van der Waals surface area contributed by atoms with Gasteiger partial charge in [-0.15, -0.1) is 0 Å². The van der Waals surface area contributed by atoms with Crippen molar-refractivity contribution in [1.29, 1.82) is 0 Å². The van der Waals surface area contributed by atoms with E-state index in [9.17, 15) is 13.6 Å². The van der Waals surface area contributed by atoms with E-state index in [4.69, 9.17) is 0 Å². The topological polar surface area (TPSA) is 33.2 Å². The molecule has 0 atom stereocenters. The van der Waals surface area contributed by atoms with Crippen LogP contribution < -0.4 is 0 Å². The molecule has 0 saturated heterocycles. The maximum atomic E-state index is 13.7. The molecule has 21 heavy (non-hydrogen) atoms. The lowest BCUT2D eigenvalue weighted by molar-refractivity contribution is 0.0724. The van der Waals surface area contributed by atoms with Crippen molar-refractivity contribution < 1.29 is 13.6 Å². The van der Waals surface area contributed by atoms with Gasteiger partial charge in [0.15, 0.2) is 5.82 Å². The average molecular weight is 288 g/mol. The molecule has 0 unspecified atom stereocenters. The van der Waals surface area contributed by atoms with E-state index in [1.165, 1.54) is 24.4 Å². The van der Waals surface area contributed by atoms with Gasteiger partial charge >= 0.3 is 0 Å². The molecule has 0 spiro atoms. The summed E-state index contributed by atoms with van der Waals surface area (Å²) in [5.41, 5.74) is 0.706. The Morgan fingerprint density at radius 3 is 2.76 bits per heavy atom. The summed E-state index contributed by atoms with van der Waals surface area (Å²) in [5, 5.41) is 0. The maximum absolute atomic E-state index is 13.7. The molecule has 3 nitrogen and oxygen atoms in total. The fourth-order valence-electron chi connectivity index (χ4n) is 2.29. The zero-order chi connectivity index (χ0) is 14.8. The fourth-order valence-corrected chi connectivity index (χ4v) is 2.29. The summed E-state index contributed by atoms with van der Waals surface area (Å²) in [6, 6.07) is 7.59. The molecule has 5 heteroatoms. The molecule has 108 valence electrons. The van der Waals surface area contributed by atoms with E-state index >= 15 is 0 Å². The van der Waals surface area contributed by atoms with Crippen LogP contribution in [-0.2, 0) is 6.54 Å². The van der Waals surface area contributed by atoms with Crippen LogP contribution in [0, 0.1) is 11.6 Å². The molecule has 3 rings (SSSR count). The lowest BCUT2D eigenvalue weighted by Crippen LogP contribution is -2.33. The lowest BCUT2D eigenvalue weighted by Gasteiger charge is -2.22. The van der Waals surface area contributed by atoms with E-state index in [-0.39, 0.29) is 29.9 Å². The molecule has 1 heterocycles. The van der Waals surface area contributed by atoms with Crippen molar-refractivity contribution in [3.8, 4) is 0 Å². The largest absolute Gasteiger partial charge is 0.331 e. The number of nitrogens with zero attached hydrogens (tertiary/aromatic N) is 2. The third-order valence-electron chi connectivity index (χ3n) is 3.49. The Morgan fingerprint density at radius 2 is 2.10 bits per heavy atom. The van der Waals surface area contributed by atoms with Gasteiger partial charge in [0, 0.05) is 18.8 Å². The number of hydrogen-bond donors (Lipinski definition) is 0. The lowest BCUT2D eigenvalue weighted by atomic mass is 10.1. The molecule has 0 radical (unpaired) electrons. The number of amides is 1. The molecule has 1 saturated carbocycles. The summed E-state index contributed by atoms with van der Waals surface area (Å²) < 4.78 is 27.0. The predicted octanol–water partition coefficient (Wildman–Crippen LogP) is 3.16. The Hall–Kier alpha value is -2.30. The number of hydrogen-bond acceptors (Lipinski definition) is 2. The first-order valence-corrected chi connectivity index (χ1v) is 6.80. The summed E-state index contributed by atoms with van der Waals surface area (Å²) in [7, 11) is 0. The monoisotopic (exact) mass is 288 g/mol. The van der Waals surface area contributed by atoms with E-state index in [2.05, 4.69) is 4.98 Å². The maximum Gasteiger partial charge on any atom is 0.257 e. The molecular formula is C16H14F2N2O. The SMILES string of the molecule is O=C(c1ccncc1F)N(Cc1cccc(F)c1)C1CC1. The minimum absolute atomic E-state index is 0.00769. The van der Waals surface area contributed by atoms with Gasteiger partial charge in [0.2, 0.25) is 0 Å². The third-order valence-corrected chi connectivity index (χ3v) is 3.49. The fraction of sp³-hybridized carbons (Fsp3) is 0.250. The molecule has 1 fully saturated rings. The van der Waals surface area contributed by atoms with Gasteiger partial charge < -0.3 is 4.90 Å². The molecule has 1 aromatic heterocycles. The molecular weight excluding hydrogens is 274 g/mol. The van der Waals surface area contributed by atoms with Crippen molar-refractivity contribution in [2.45, 2.75) is 25.4 Å². The van der Waals surface area contributed by atoms with Crippen molar-refractivity contribution in [3.05, 3.63) is 65.5 Å². The molecule has 1 aliphatic rings. The standard InChI is InChI=1S/C16H14F2N2O/c17-12-3-1-2-11(8-12)10-20(13-4-5-13)16(21)14-6-7-19-9-15(14)18/h1-3,6-9,13H,4-5,10H2. The van der Waals surface area contributed by atoms with E-state index in [0.29, 0.717) is 5.56 Å². The van der Waals surface area contributed by atoms with Crippen LogP contribution in [0.3, 0.4) is 0 Å². The minimum atomic E-state index is -0.632. The van der Waals surface area contributed by atoms with Gasteiger partial charge in [-0.3, -0.25) is 9.78 Å². The normalized spacial score (nSPS) is 14.0. The summed E-state index contributed by atoms with van der Waals surface area (Å²) >= 11 is 0. The summed E-state index contributed by atoms with van der Waals surface area (Å²) in [6.45, 7) is 0.281. The third kappa shape index (κ3) is 3.07. The van der Waals surface area contributed by atoms with Crippen LogP contribution in [0.1, 0.15) is 28.8 Å². The highest BCUT2D eigenvalue weighted by atomic mass is 19.1. The van der Waals surface area contributed by atoms with Crippen molar-refractivity contribution in [1.82, 2.24) is 9.88 Å². The van der Waals surface area contributed by atoms with Crippen molar-refractivity contribution in [2.75, 3.05) is 0 Å². The van der Waals surface area contributed by atoms with Gasteiger partial charge in [-0.1, -0.05) is 12.1 Å². The molecule has 1 aliphatic carbocycles. The Morgan fingerprint density at radius 1 is 1.29 bits per heavy atom. The number of aromatic nitrogens is 1. The highest BCUT2D eigenvalue weighted by molar-refractivity contribution is 5.94. The minimum Gasteiger partial charge on any atom is -0.331 e. The highest BCUT2D eigenvalue weighted by Gasteiger charge is 2.34. The van der Waals surface area contributed by atoms with Crippen LogP contribution >= 0.6 is 0 Å².